The topological polar surface area (TPSA) is 58.5 Å². The molecule has 1 atom stereocenters. The molecule has 0 radical (unpaired) electrons. The van der Waals surface area contributed by atoms with Crippen LogP contribution in [-0.4, -0.2) is 18.4 Å². The standard InChI is InChI=1S/C20H26N2O2/c1-14-7-8-16-13-17(20(24)22-18(16)11-14)9-10-21-19(23)12-15-5-3-2-4-6-15/h7-8,11,13,15,17H,2-6,9-10,12H2,1H3,(H,21,23). The number of nitrogens with one attached hydrogen (secondary N) is 1. The number of carbonyl (C=O) groups excluding carboxylic acids is 2. The minimum Gasteiger partial charge on any atom is -0.356 e. The Bertz CT molecular complexity index is 732. The minimum absolute atomic E-state index is 0.102. The number of amides is 2. The van der Waals surface area contributed by atoms with E-state index >= 15 is 0 Å². The number of hydrogen-bond acceptors (Lipinski definition) is 2. The molecule has 24 heavy (non-hydrogen) atoms. The van der Waals surface area contributed by atoms with E-state index in [1.54, 1.807) is 0 Å². The molecule has 1 aromatic rings. The highest BCUT2D eigenvalue weighted by atomic mass is 16.2. The van der Waals surface area contributed by atoms with Gasteiger partial charge in [-0.2, -0.15) is 0 Å². The maximum atomic E-state index is 12.2. The summed E-state index contributed by atoms with van der Waals surface area (Å²) in [5, 5.41) is 4.75. The summed E-state index contributed by atoms with van der Waals surface area (Å²) in [7, 11) is 0. The van der Waals surface area contributed by atoms with Crippen LogP contribution in [0.1, 0.15) is 50.5 Å². The van der Waals surface area contributed by atoms with Gasteiger partial charge in [0.2, 0.25) is 5.91 Å². The summed E-state index contributed by atoms with van der Waals surface area (Å²) in [5.74, 6) is 0.342. The zero-order valence-corrected chi connectivity index (χ0v) is 14.4. The fourth-order valence-corrected chi connectivity index (χ4v) is 3.68. The van der Waals surface area contributed by atoms with Gasteiger partial charge in [0, 0.05) is 13.0 Å². The molecule has 0 saturated heterocycles. The van der Waals surface area contributed by atoms with E-state index in [1.807, 2.05) is 31.2 Å². The van der Waals surface area contributed by atoms with Gasteiger partial charge in [-0.1, -0.05) is 37.5 Å². The highest BCUT2D eigenvalue weighted by Gasteiger charge is 2.20. The van der Waals surface area contributed by atoms with Gasteiger partial charge in [-0.3, -0.25) is 9.59 Å². The van der Waals surface area contributed by atoms with Crippen molar-refractivity contribution in [3.8, 4) is 0 Å². The van der Waals surface area contributed by atoms with Gasteiger partial charge in [-0.05, 0) is 49.0 Å². The first-order valence-corrected chi connectivity index (χ1v) is 9.09. The SMILES string of the molecule is Cc1ccc2c(c1)=NC(=O)C(CCNC(=O)CC1CCCCC1)C=2. The second kappa shape index (κ2) is 7.73. The van der Waals surface area contributed by atoms with Crippen LogP contribution in [0.4, 0.5) is 0 Å². The number of carbonyl (C=O) groups is 2. The van der Waals surface area contributed by atoms with Gasteiger partial charge in [0.15, 0.2) is 0 Å². The van der Waals surface area contributed by atoms with Crippen molar-refractivity contribution in [2.24, 2.45) is 16.8 Å². The number of hydrogen-bond donors (Lipinski definition) is 1. The molecule has 4 heteroatoms. The summed E-state index contributed by atoms with van der Waals surface area (Å²) >= 11 is 0. The van der Waals surface area contributed by atoms with Gasteiger partial charge in [0.05, 0.1) is 11.3 Å². The molecule has 1 N–H and O–H groups in total. The van der Waals surface area contributed by atoms with Crippen LogP contribution in [0.3, 0.4) is 0 Å². The summed E-state index contributed by atoms with van der Waals surface area (Å²) in [6.45, 7) is 2.53. The monoisotopic (exact) mass is 326 g/mol. The predicted octanol–water partition coefficient (Wildman–Crippen LogP) is 2.03. The van der Waals surface area contributed by atoms with E-state index < -0.39 is 0 Å². The summed E-state index contributed by atoms with van der Waals surface area (Å²) < 4.78 is 0. The summed E-state index contributed by atoms with van der Waals surface area (Å²) in [6.07, 6.45) is 9.41. The zero-order chi connectivity index (χ0) is 16.9. The van der Waals surface area contributed by atoms with Gasteiger partial charge in [0.1, 0.15) is 0 Å². The molecule has 1 fully saturated rings. The highest BCUT2D eigenvalue weighted by Crippen LogP contribution is 2.26. The zero-order valence-electron chi connectivity index (χ0n) is 14.4. The lowest BCUT2D eigenvalue weighted by molar-refractivity contribution is -0.123. The van der Waals surface area contributed by atoms with E-state index in [1.165, 1.54) is 32.1 Å². The Kier molecular flexibility index (Phi) is 5.44. The quantitative estimate of drug-likeness (QED) is 0.900. The Balaban J connectivity index is 1.50. The first kappa shape index (κ1) is 16.9. The molecule has 2 aliphatic rings. The van der Waals surface area contributed by atoms with Crippen molar-refractivity contribution in [3.63, 3.8) is 0 Å². The average molecular weight is 326 g/mol. The second-order valence-electron chi connectivity index (χ2n) is 7.13. The van der Waals surface area contributed by atoms with Gasteiger partial charge in [-0.25, -0.2) is 4.99 Å². The number of fused-ring (bicyclic) bond motifs is 1. The molecule has 0 aromatic heterocycles. The third-order valence-corrected chi connectivity index (χ3v) is 5.09. The lowest BCUT2D eigenvalue weighted by Crippen LogP contribution is -2.35. The van der Waals surface area contributed by atoms with E-state index in [-0.39, 0.29) is 17.7 Å². The Hall–Kier alpha value is -1.97. The molecule has 1 aliphatic heterocycles. The lowest BCUT2D eigenvalue weighted by atomic mass is 9.87. The third-order valence-electron chi connectivity index (χ3n) is 5.09. The summed E-state index contributed by atoms with van der Waals surface area (Å²) in [5.41, 5.74) is 1.10. The van der Waals surface area contributed by atoms with Crippen molar-refractivity contribution in [1.29, 1.82) is 0 Å². The molecule has 0 spiro atoms. The van der Waals surface area contributed by atoms with Crippen molar-refractivity contribution < 1.29 is 9.59 Å². The summed E-state index contributed by atoms with van der Waals surface area (Å²) in [4.78, 5) is 28.4. The maximum absolute atomic E-state index is 12.2. The van der Waals surface area contributed by atoms with Crippen LogP contribution in [0.25, 0.3) is 6.08 Å². The maximum Gasteiger partial charge on any atom is 0.253 e. The third kappa shape index (κ3) is 4.31. The van der Waals surface area contributed by atoms with Gasteiger partial charge < -0.3 is 5.32 Å². The van der Waals surface area contributed by atoms with E-state index in [0.717, 1.165) is 16.1 Å². The van der Waals surface area contributed by atoms with Crippen LogP contribution in [0.15, 0.2) is 23.2 Å². The molecule has 1 aromatic carbocycles. The van der Waals surface area contributed by atoms with E-state index in [9.17, 15) is 9.59 Å². The lowest BCUT2D eigenvalue weighted by Gasteiger charge is -2.21. The van der Waals surface area contributed by atoms with Crippen LogP contribution >= 0.6 is 0 Å². The summed E-state index contributed by atoms with van der Waals surface area (Å²) in [6, 6.07) is 5.98. The number of rotatable bonds is 5. The number of nitrogens with zero attached hydrogens (tertiary/aromatic N) is 1. The Morgan fingerprint density at radius 3 is 2.83 bits per heavy atom. The predicted molar refractivity (Wildman–Crippen MR) is 93.7 cm³/mol. The van der Waals surface area contributed by atoms with Gasteiger partial charge >= 0.3 is 0 Å². The fraction of sp³-hybridized carbons (Fsp3) is 0.550. The van der Waals surface area contributed by atoms with Crippen molar-refractivity contribution in [2.45, 2.75) is 51.9 Å². The van der Waals surface area contributed by atoms with Crippen molar-refractivity contribution >= 4 is 17.9 Å². The Morgan fingerprint density at radius 2 is 2.04 bits per heavy atom. The van der Waals surface area contributed by atoms with E-state index in [2.05, 4.69) is 10.3 Å². The van der Waals surface area contributed by atoms with Crippen LogP contribution in [-0.2, 0) is 9.59 Å². The van der Waals surface area contributed by atoms with Crippen LogP contribution in [0, 0.1) is 18.8 Å². The molecule has 1 unspecified atom stereocenters. The first-order chi connectivity index (χ1) is 11.6. The molecule has 1 heterocycles. The molecular weight excluding hydrogens is 300 g/mol. The molecule has 0 bridgehead atoms. The van der Waals surface area contributed by atoms with Gasteiger partial charge in [0.25, 0.3) is 5.91 Å². The fourth-order valence-electron chi connectivity index (χ4n) is 3.68. The van der Waals surface area contributed by atoms with E-state index in [4.69, 9.17) is 0 Å². The molecule has 128 valence electrons. The number of aryl methyl sites for hydroxylation is 1. The van der Waals surface area contributed by atoms with Crippen LogP contribution < -0.4 is 15.9 Å². The van der Waals surface area contributed by atoms with Crippen molar-refractivity contribution in [3.05, 3.63) is 34.3 Å². The smallest absolute Gasteiger partial charge is 0.253 e. The molecular formula is C20H26N2O2. The normalized spacial score (nSPS) is 20.7. The Labute approximate surface area is 143 Å². The highest BCUT2D eigenvalue weighted by molar-refractivity contribution is 5.86. The van der Waals surface area contributed by atoms with E-state index in [0.29, 0.717) is 25.3 Å². The first-order valence-electron chi connectivity index (χ1n) is 9.09. The largest absolute Gasteiger partial charge is 0.356 e. The molecule has 2 amide bonds. The molecule has 1 saturated carbocycles. The van der Waals surface area contributed by atoms with Crippen molar-refractivity contribution in [1.82, 2.24) is 5.32 Å². The van der Waals surface area contributed by atoms with Gasteiger partial charge in [-0.15, -0.1) is 0 Å². The second-order valence-corrected chi connectivity index (χ2v) is 7.13. The van der Waals surface area contributed by atoms with Crippen molar-refractivity contribution in [2.75, 3.05) is 6.54 Å². The molecule has 3 rings (SSSR count). The minimum atomic E-state index is -0.227. The number of benzene rings is 1. The molecule has 4 nitrogen and oxygen atoms in total. The Morgan fingerprint density at radius 1 is 1.25 bits per heavy atom. The molecule has 1 aliphatic carbocycles. The van der Waals surface area contributed by atoms with Crippen LogP contribution in [0.5, 0.6) is 0 Å². The van der Waals surface area contributed by atoms with Crippen LogP contribution in [0.2, 0.25) is 0 Å². The average Bonchev–Trinajstić information content (AvgIpc) is 2.56.